The first-order valence-electron chi connectivity index (χ1n) is 7.09. The first-order chi connectivity index (χ1) is 10.9. The van der Waals surface area contributed by atoms with Crippen molar-refractivity contribution >= 4 is 20.9 Å². The van der Waals surface area contributed by atoms with Gasteiger partial charge in [-0.25, -0.2) is 8.42 Å². The summed E-state index contributed by atoms with van der Waals surface area (Å²) in [6.07, 6.45) is 1.64. The molecule has 7 heteroatoms. The molecular weight excluding hydrogens is 314 g/mol. The number of nitrogens with one attached hydrogen (secondary N) is 1. The van der Waals surface area contributed by atoms with Crippen LogP contribution >= 0.6 is 0 Å². The van der Waals surface area contributed by atoms with Crippen molar-refractivity contribution < 1.29 is 13.5 Å². The standard InChI is InChI=1S/C16H17N3O3S/c1-11(12-4-3-5-14(20)8-12)19(2)23(21,22)15-7-6-13-10-17-18-16(13)9-15/h3-11,20H,1-2H3,(H,17,18)/t11-/m1/s1. The van der Waals surface area contributed by atoms with E-state index >= 15 is 0 Å². The molecule has 0 unspecified atom stereocenters. The molecule has 0 bridgehead atoms. The third-order valence-corrected chi connectivity index (χ3v) is 5.91. The molecule has 1 atom stereocenters. The Hall–Kier alpha value is -2.38. The van der Waals surface area contributed by atoms with Crippen LogP contribution in [-0.4, -0.2) is 35.1 Å². The van der Waals surface area contributed by atoms with E-state index in [1.807, 2.05) is 0 Å². The first kappa shape index (κ1) is 15.5. The van der Waals surface area contributed by atoms with Crippen LogP contribution in [0.2, 0.25) is 0 Å². The molecule has 0 spiro atoms. The van der Waals surface area contributed by atoms with Crippen molar-refractivity contribution in [3.8, 4) is 5.75 Å². The van der Waals surface area contributed by atoms with E-state index in [1.165, 1.54) is 11.4 Å². The minimum absolute atomic E-state index is 0.110. The number of aromatic amines is 1. The molecular formula is C16H17N3O3S. The number of aromatic hydroxyl groups is 1. The van der Waals surface area contributed by atoms with E-state index in [2.05, 4.69) is 10.2 Å². The fourth-order valence-corrected chi connectivity index (χ4v) is 3.82. The molecule has 1 aromatic heterocycles. The Labute approximate surface area is 134 Å². The Kier molecular flexibility index (Phi) is 3.83. The van der Waals surface area contributed by atoms with Gasteiger partial charge in [0.05, 0.1) is 16.6 Å². The topological polar surface area (TPSA) is 86.3 Å². The summed E-state index contributed by atoms with van der Waals surface area (Å²) in [5.41, 5.74) is 1.39. The van der Waals surface area contributed by atoms with Crippen molar-refractivity contribution in [3.63, 3.8) is 0 Å². The summed E-state index contributed by atoms with van der Waals surface area (Å²) in [5.74, 6) is 0.110. The van der Waals surface area contributed by atoms with Crippen molar-refractivity contribution in [1.82, 2.24) is 14.5 Å². The maximum absolute atomic E-state index is 12.8. The monoisotopic (exact) mass is 331 g/mol. The summed E-state index contributed by atoms with van der Waals surface area (Å²) in [6.45, 7) is 1.78. The van der Waals surface area contributed by atoms with E-state index in [1.54, 1.807) is 55.6 Å². The molecule has 0 saturated heterocycles. The predicted molar refractivity (Wildman–Crippen MR) is 87.6 cm³/mol. The molecule has 23 heavy (non-hydrogen) atoms. The lowest BCUT2D eigenvalue weighted by Gasteiger charge is -2.24. The van der Waals surface area contributed by atoms with Gasteiger partial charge in [0.25, 0.3) is 0 Å². The first-order valence-corrected chi connectivity index (χ1v) is 8.54. The highest BCUT2D eigenvalue weighted by Crippen LogP contribution is 2.28. The highest BCUT2D eigenvalue weighted by Gasteiger charge is 2.26. The van der Waals surface area contributed by atoms with Crippen molar-refractivity contribution in [1.29, 1.82) is 0 Å². The van der Waals surface area contributed by atoms with Gasteiger partial charge in [-0.3, -0.25) is 5.10 Å². The molecule has 0 amide bonds. The average molecular weight is 331 g/mol. The van der Waals surface area contributed by atoms with Gasteiger partial charge in [-0.1, -0.05) is 12.1 Å². The second kappa shape index (κ2) is 5.68. The number of H-pyrrole nitrogens is 1. The van der Waals surface area contributed by atoms with Gasteiger partial charge in [-0.15, -0.1) is 0 Å². The van der Waals surface area contributed by atoms with Gasteiger partial charge >= 0.3 is 0 Å². The minimum atomic E-state index is -3.66. The molecule has 1 heterocycles. The molecule has 0 aliphatic heterocycles. The minimum Gasteiger partial charge on any atom is -0.508 e. The third-order valence-electron chi connectivity index (χ3n) is 3.99. The highest BCUT2D eigenvalue weighted by molar-refractivity contribution is 7.89. The summed E-state index contributed by atoms with van der Waals surface area (Å²) in [6, 6.07) is 11.0. The fourth-order valence-electron chi connectivity index (χ4n) is 2.45. The lowest BCUT2D eigenvalue weighted by atomic mass is 10.1. The van der Waals surface area contributed by atoms with Crippen LogP contribution in [0.5, 0.6) is 5.75 Å². The molecule has 120 valence electrons. The van der Waals surface area contributed by atoms with E-state index in [-0.39, 0.29) is 10.6 Å². The van der Waals surface area contributed by atoms with E-state index in [0.717, 1.165) is 10.9 Å². The van der Waals surface area contributed by atoms with E-state index in [4.69, 9.17) is 0 Å². The third kappa shape index (κ3) is 2.80. The lowest BCUT2D eigenvalue weighted by Crippen LogP contribution is -2.29. The second-order valence-electron chi connectivity index (χ2n) is 5.41. The largest absolute Gasteiger partial charge is 0.508 e. The smallest absolute Gasteiger partial charge is 0.243 e. The zero-order valence-corrected chi connectivity index (χ0v) is 13.6. The van der Waals surface area contributed by atoms with Crippen LogP contribution in [0.25, 0.3) is 10.9 Å². The van der Waals surface area contributed by atoms with Crippen LogP contribution in [0, 0.1) is 0 Å². The lowest BCUT2D eigenvalue weighted by molar-refractivity contribution is 0.396. The Morgan fingerprint density at radius 2 is 2.00 bits per heavy atom. The average Bonchev–Trinajstić information content (AvgIpc) is 3.01. The zero-order valence-electron chi connectivity index (χ0n) is 12.8. The molecule has 2 aromatic carbocycles. The van der Waals surface area contributed by atoms with Gasteiger partial charge < -0.3 is 5.11 Å². The number of benzene rings is 2. The van der Waals surface area contributed by atoms with E-state index < -0.39 is 16.1 Å². The molecule has 0 aliphatic rings. The number of phenols is 1. The van der Waals surface area contributed by atoms with Crippen LogP contribution in [0.15, 0.2) is 53.6 Å². The van der Waals surface area contributed by atoms with E-state index in [9.17, 15) is 13.5 Å². The fraction of sp³-hybridized carbons (Fsp3) is 0.188. The number of fused-ring (bicyclic) bond motifs is 1. The number of hydrogen-bond donors (Lipinski definition) is 2. The molecule has 6 nitrogen and oxygen atoms in total. The summed E-state index contributed by atoms with van der Waals surface area (Å²) in [7, 11) is -2.14. The number of phenolic OH excluding ortho intramolecular Hbond substituents is 1. The molecule has 0 fully saturated rings. The Morgan fingerprint density at radius 1 is 1.22 bits per heavy atom. The molecule has 0 saturated carbocycles. The molecule has 0 aliphatic carbocycles. The normalized spacial score (nSPS) is 13.5. The number of sulfonamides is 1. The van der Waals surface area contributed by atoms with Gasteiger partial charge in [0.2, 0.25) is 10.0 Å². The molecule has 0 radical (unpaired) electrons. The molecule has 3 aromatic rings. The van der Waals surface area contributed by atoms with Gasteiger partial charge in [-0.05, 0) is 42.8 Å². The number of nitrogens with zero attached hydrogens (tertiary/aromatic N) is 2. The van der Waals surface area contributed by atoms with Gasteiger partial charge in [0.1, 0.15) is 5.75 Å². The number of aromatic nitrogens is 2. The highest BCUT2D eigenvalue weighted by atomic mass is 32.2. The van der Waals surface area contributed by atoms with Gasteiger partial charge in [0.15, 0.2) is 0 Å². The SMILES string of the molecule is C[C@H](c1cccc(O)c1)N(C)S(=O)(=O)c1ccc2cn[nH]c2c1. The van der Waals surface area contributed by atoms with Crippen molar-refractivity contribution in [3.05, 3.63) is 54.2 Å². The summed E-state index contributed by atoms with van der Waals surface area (Å²) in [5, 5.41) is 17.1. The van der Waals surface area contributed by atoms with Crippen LogP contribution in [-0.2, 0) is 10.0 Å². The summed E-state index contributed by atoms with van der Waals surface area (Å²) < 4.78 is 26.9. The van der Waals surface area contributed by atoms with Crippen LogP contribution in [0.4, 0.5) is 0 Å². The predicted octanol–water partition coefficient (Wildman–Crippen LogP) is 2.65. The molecule has 2 N–H and O–H groups in total. The summed E-state index contributed by atoms with van der Waals surface area (Å²) >= 11 is 0. The van der Waals surface area contributed by atoms with Gasteiger partial charge in [0, 0.05) is 18.5 Å². The maximum atomic E-state index is 12.8. The van der Waals surface area contributed by atoms with Gasteiger partial charge in [-0.2, -0.15) is 9.40 Å². The van der Waals surface area contributed by atoms with Crippen LogP contribution in [0.1, 0.15) is 18.5 Å². The summed E-state index contributed by atoms with van der Waals surface area (Å²) in [4.78, 5) is 0.198. The molecule has 3 rings (SSSR count). The Morgan fingerprint density at radius 3 is 2.74 bits per heavy atom. The van der Waals surface area contributed by atoms with Crippen LogP contribution < -0.4 is 0 Å². The zero-order chi connectivity index (χ0) is 16.6. The van der Waals surface area contributed by atoms with Crippen molar-refractivity contribution in [2.45, 2.75) is 17.9 Å². The van der Waals surface area contributed by atoms with Crippen molar-refractivity contribution in [2.75, 3.05) is 7.05 Å². The number of hydrogen-bond acceptors (Lipinski definition) is 4. The van der Waals surface area contributed by atoms with Crippen LogP contribution in [0.3, 0.4) is 0 Å². The maximum Gasteiger partial charge on any atom is 0.243 e. The number of rotatable bonds is 4. The Balaban J connectivity index is 1.97. The quantitative estimate of drug-likeness (QED) is 0.769. The van der Waals surface area contributed by atoms with E-state index in [0.29, 0.717) is 5.52 Å². The second-order valence-corrected chi connectivity index (χ2v) is 7.41. The Bertz CT molecular complexity index is 950. The van der Waals surface area contributed by atoms with Crippen molar-refractivity contribution in [2.24, 2.45) is 0 Å².